The second-order valence-electron chi connectivity index (χ2n) is 6.38. The second-order valence-corrected chi connectivity index (χ2v) is 6.38. The van der Waals surface area contributed by atoms with E-state index >= 15 is 0 Å². The molecule has 4 rings (SSSR count). The molecule has 0 saturated carbocycles. The minimum absolute atomic E-state index is 0. The van der Waals surface area contributed by atoms with Crippen LogP contribution in [0.3, 0.4) is 0 Å². The van der Waals surface area contributed by atoms with Gasteiger partial charge in [-0.25, -0.2) is 0 Å². The number of hydrogen-bond acceptors (Lipinski definition) is 4. The van der Waals surface area contributed by atoms with Crippen molar-refractivity contribution in [3.63, 3.8) is 0 Å². The van der Waals surface area contributed by atoms with Crippen molar-refractivity contribution in [2.75, 3.05) is 0 Å². The molecule has 1 radical (unpaired) electrons. The molecule has 0 aliphatic carbocycles. The number of ketones is 2. The number of carbonyl (C=O) groups excluding carboxylic acids is 2. The van der Waals surface area contributed by atoms with Crippen LogP contribution in [0.2, 0.25) is 0 Å². The molecule has 0 heterocycles. The number of para-hydroxylation sites is 2. The summed E-state index contributed by atoms with van der Waals surface area (Å²) in [7, 11) is 0. The van der Waals surface area contributed by atoms with Crippen LogP contribution >= 0.6 is 0 Å². The third-order valence-electron chi connectivity index (χ3n) is 4.34. The molecule has 31 heavy (non-hydrogen) atoms. The average molecular weight is 458 g/mol. The molecule has 0 N–H and O–H groups in total. The van der Waals surface area contributed by atoms with Crippen LogP contribution in [0.25, 0.3) is 0 Å². The maximum Gasteiger partial charge on any atom is 2.00 e. The Morgan fingerprint density at radius 2 is 0.742 bits per heavy atom. The largest absolute Gasteiger partial charge is 2.00 e. The van der Waals surface area contributed by atoms with Gasteiger partial charge in [-0.1, -0.05) is 121 Å². The van der Waals surface area contributed by atoms with Gasteiger partial charge in [0.25, 0.3) is 0 Å². The van der Waals surface area contributed by atoms with Crippen LogP contribution in [0, 0.1) is 0 Å². The van der Waals surface area contributed by atoms with Gasteiger partial charge in [0.05, 0.1) is 0 Å². The first-order valence-electron chi connectivity index (χ1n) is 9.29. The molecule has 0 aromatic heterocycles. The monoisotopic (exact) mass is 457 g/mol. The van der Waals surface area contributed by atoms with E-state index in [1.807, 2.05) is 12.1 Å². The van der Waals surface area contributed by atoms with Crippen LogP contribution in [0.4, 0.5) is 0 Å². The summed E-state index contributed by atoms with van der Waals surface area (Å²) in [5.74, 6) is -0.903. The van der Waals surface area contributed by atoms with E-state index < -0.39 is 0 Å². The van der Waals surface area contributed by atoms with Gasteiger partial charge in [0.2, 0.25) is 0 Å². The van der Waals surface area contributed by atoms with Crippen molar-refractivity contribution in [1.82, 2.24) is 0 Å². The molecule has 0 aliphatic rings. The zero-order valence-corrected chi connectivity index (χ0v) is 17.3. The summed E-state index contributed by atoms with van der Waals surface area (Å²) in [5.41, 5.74) is 1.54. The Bertz CT molecular complexity index is 1050. The summed E-state index contributed by atoms with van der Waals surface area (Å²) in [6.07, 6.45) is 0. The molecule has 4 aromatic carbocycles. The van der Waals surface area contributed by atoms with Gasteiger partial charge < -0.3 is 10.2 Å². The van der Waals surface area contributed by atoms with Gasteiger partial charge in [-0.3, -0.25) is 9.59 Å². The Balaban J connectivity index is 0.000000213. The molecule has 157 valence electrons. The van der Waals surface area contributed by atoms with Crippen molar-refractivity contribution in [3.8, 4) is 11.5 Å². The van der Waals surface area contributed by atoms with Gasteiger partial charge in [0.15, 0.2) is 11.6 Å². The zero-order valence-electron chi connectivity index (χ0n) is 16.3. The van der Waals surface area contributed by atoms with E-state index in [4.69, 9.17) is 0 Å². The van der Waals surface area contributed by atoms with Gasteiger partial charge in [0.1, 0.15) is 0 Å². The van der Waals surface area contributed by atoms with Crippen LogP contribution in [-0.2, 0) is 17.1 Å². The zero-order chi connectivity index (χ0) is 21.3. The fourth-order valence-electron chi connectivity index (χ4n) is 2.80. The Morgan fingerprint density at radius 3 is 1.06 bits per heavy atom. The van der Waals surface area contributed by atoms with Gasteiger partial charge in [0, 0.05) is 22.3 Å². The Kier molecular flexibility index (Phi) is 8.77. The number of rotatable bonds is 4. The molecular weight excluding hydrogens is 440 g/mol. The quantitative estimate of drug-likeness (QED) is 0.343. The maximum absolute atomic E-state index is 11.9. The molecular formula is C26H18CuO4. The summed E-state index contributed by atoms with van der Waals surface area (Å²) in [6.45, 7) is 0. The Hall–Kier alpha value is -3.66. The van der Waals surface area contributed by atoms with Crippen molar-refractivity contribution in [1.29, 1.82) is 0 Å². The van der Waals surface area contributed by atoms with E-state index in [0.717, 1.165) is 0 Å². The average Bonchev–Trinajstić information content (AvgIpc) is 2.80. The van der Waals surface area contributed by atoms with Crippen LogP contribution in [0.15, 0.2) is 109 Å². The fraction of sp³-hybridized carbons (Fsp3) is 0. The second kappa shape index (κ2) is 11.5. The molecule has 0 fully saturated rings. The molecule has 4 nitrogen and oxygen atoms in total. The van der Waals surface area contributed by atoms with E-state index in [0.29, 0.717) is 11.1 Å². The maximum atomic E-state index is 11.9. The first kappa shape index (κ1) is 23.6. The number of hydrogen-bond donors (Lipinski definition) is 0. The van der Waals surface area contributed by atoms with Gasteiger partial charge in [-0.2, -0.15) is 0 Å². The minimum Gasteiger partial charge on any atom is -0.872 e. The van der Waals surface area contributed by atoms with Crippen molar-refractivity contribution < 1.29 is 36.9 Å². The first-order chi connectivity index (χ1) is 14.6. The molecule has 0 spiro atoms. The number of carbonyl (C=O) groups is 2. The summed E-state index contributed by atoms with van der Waals surface area (Å²) in [4.78, 5) is 23.7. The van der Waals surface area contributed by atoms with Crippen molar-refractivity contribution in [2.24, 2.45) is 0 Å². The molecule has 0 unspecified atom stereocenters. The van der Waals surface area contributed by atoms with E-state index in [9.17, 15) is 19.8 Å². The first-order valence-corrected chi connectivity index (χ1v) is 9.29. The SMILES string of the molecule is O=C(c1ccccc1)c1ccccc1[O-].O=C(c1ccccc1)c1ccccc1[O-].[Cu+2]. The van der Waals surface area contributed by atoms with Crippen LogP contribution in [-0.4, -0.2) is 11.6 Å². The Morgan fingerprint density at radius 1 is 0.452 bits per heavy atom. The molecule has 0 atom stereocenters. The van der Waals surface area contributed by atoms with Gasteiger partial charge >= 0.3 is 17.1 Å². The normalized spacial score (nSPS) is 9.55. The summed E-state index contributed by atoms with van der Waals surface area (Å²) in [6, 6.07) is 30.1. The predicted molar refractivity (Wildman–Crippen MR) is 112 cm³/mol. The molecule has 5 heteroatoms. The topological polar surface area (TPSA) is 80.3 Å². The van der Waals surface area contributed by atoms with Crippen LogP contribution < -0.4 is 10.2 Å². The van der Waals surface area contributed by atoms with E-state index in [1.165, 1.54) is 12.1 Å². The van der Waals surface area contributed by atoms with Gasteiger partial charge in [-0.05, 0) is 0 Å². The van der Waals surface area contributed by atoms with E-state index in [1.54, 1.807) is 84.9 Å². The van der Waals surface area contributed by atoms with Crippen LogP contribution in [0.5, 0.6) is 11.5 Å². The van der Waals surface area contributed by atoms with E-state index in [2.05, 4.69) is 0 Å². The third kappa shape index (κ3) is 6.16. The Labute approximate surface area is 191 Å². The number of benzene rings is 4. The third-order valence-corrected chi connectivity index (χ3v) is 4.34. The standard InChI is InChI=1S/2C13H10O2.Cu/c2*14-12-9-5-4-8-11(12)13(15)10-6-2-1-3-7-10;/h2*1-9,14H;/q;;+2/p-2. The van der Waals surface area contributed by atoms with Crippen LogP contribution in [0.1, 0.15) is 31.8 Å². The van der Waals surface area contributed by atoms with E-state index in [-0.39, 0.29) is 51.3 Å². The summed E-state index contributed by atoms with van der Waals surface area (Å²) < 4.78 is 0. The van der Waals surface area contributed by atoms with Crippen molar-refractivity contribution in [2.45, 2.75) is 0 Å². The summed E-state index contributed by atoms with van der Waals surface area (Å²) in [5, 5.41) is 22.8. The molecule has 0 amide bonds. The predicted octanol–water partition coefficient (Wildman–Crippen LogP) is 3.98. The smallest absolute Gasteiger partial charge is 0.872 e. The van der Waals surface area contributed by atoms with Crippen molar-refractivity contribution in [3.05, 3.63) is 131 Å². The summed E-state index contributed by atoms with van der Waals surface area (Å²) >= 11 is 0. The molecule has 0 aliphatic heterocycles. The van der Waals surface area contributed by atoms with Gasteiger partial charge in [-0.15, -0.1) is 0 Å². The fourth-order valence-corrected chi connectivity index (χ4v) is 2.80. The molecule has 0 bridgehead atoms. The molecule has 4 aromatic rings. The van der Waals surface area contributed by atoms with Crippen molar-refractivity contribution >= 4 is 11.6 Å². The molecule has 0 saturated heterocycles. The minimum atomic E-state index is -0.230.